The summed E-state index contributed by atoms with van der Waals surface area (Å²) in [6, 6.07) is 7.82. The van der Waals surface area contributed by atoms with Crippen molar-refractivity contribution in [2.24, 2.45) is 4.99 Å². The van der Waals surface area contributed by atoms with E-state index in [9.17, 15) is 4.79 Å². The van der Waals surface area contributed by atoms with Crippen LogP contribution in [-0.4, -0.2) is 57.6 Å². The molecule has 0 saturated carbocycles. The minimum Gasteiger partial charge on any atom is -0.491 e. The molecule has 1 aromatic rings. The van der Waals surface area contributed by atoms with Crippen LogP contribution in [-0.2, 0) is 16.0 Å². The Morgan fingerprint density at radius 3 is 2.28 bits per heavy atom. The first-order valence-corrected chi connectivity index (χ1v) is 9.53. The van der Waals surface area contributed by atoms with E-state index in [0.717, 1.165) is 17.9 Å². The highest BCUT2D eigenvalue weighted by molar-refractivity contribution is 14.0. The van der Waals surface area contributed by atoms with Gasteiger partial charge in [-0.25, -0.2) is 9.79 Å². The fourth-order valence-corrected chi connectivity index (χ4v) is 2.11. The second-order valence-corrected chi connectivity index (χ2v) is 7.04. The Bertz CT molecular complexity index is 603. The Labute approximate surface area is 191 Å². The Morgan fingerprint density at radius 1 is 1.03 bits per heavy atom. The Balaban J connectivity index is 0.00000784. The van der Waals surface area contributed by atoms with E-state index in [0.29, 0.717) is 38.8 Å². The molecular formula is C20H35IN4O4. The molecule has 0 heterocycles. The molecule has 9 heteroatoms. The number of halogens is 1. The van der Waals surface area contributed by atoms with Crippen LogP contribution in [0.5, 0.6) is 5.75 Å². The zero-order valence-electron chi connectivity index (χ0n) is 18.0. The maximum Gasteiger partial charge on any atom is 0.407 e. The number of ether oxygens (including phenoxy) is 3. The molecule has 0 aromatic heterocycles. The van der Waals surface area contributed by atoms with Crippen LogP contribution in [0.1, 0.15) is 33.3 Å². The van der Waals surface area contributed by atoms with Gasteiger partial charge in [0, 0.05) is 26.7 Å². The van der Waals surface area contributed by atoms with E-state index < -0.39 is 11.7 Å². The number of methoxy groups -OCH3 is 1. The highest BCUT2D eigenvalue weighted by Gasteiger charge is 2.15. The molecule has 8 nitrogen and oxygen atoms in total. The van der Waals surface area contributed by atoms with Gasteiger partial charge in [-0.3, -0.25) is 0 Å². The van der Waals surface area contributed by atoms with Gasteiger partial charge in [0.05, 0.1) is 13.2 Å². The molecule has 0 aliphatic rings. The van der Waals surface area contributed by atoms with Gasteiger partial charge in [-0.15, -0.1) is 24.0 Å². The van der Waals surface area contributed by atoms with E-state index in [1.54, 1.807) is 7.11 Å². The predicted molar refractivity (Wildman–Crippen MR) is 126 cm³/mol. The lowest BCUT2D eigenvalue weighted by molar-refractivity contribution is 0.0529. The number of hydrogen-bond acceptors (Lipinski definition) is 5. The molecule has 0 bridgehead atoms. The molecule has 0 unspecified atom stereocenters. The SMILES string of the molecule is CCNC(=NCc1ccc(OCCOC)cc1)NCCNC(=O)OC(C)(C)C.I. The van der Waals surface area contributed by atoms with Gasteiger partial charge in [-0.05, 0) is 45.4 Å². The van der Waals surface area contributed by atoms with Crippen molar-refractivity contribution in [1.29, 1.82) is 0 Å². The molecule has 166 valence electrons. The average Bonchev–Trinajstić information content (AvgIpc) is 2.63. The van der Waals surface area contributed by atoms with Crippen LogP contribution in [0.15, 0.2) is 29.3 Å². The minimum absolute atomic E-state index is 0. The lowest BCUT2D eigenvalue weighted by Crippen LogP contribution is -2.42. The minimum atomic E-state index is -0.502. The van der Waals surface area contributed by atoms with Gasteiger partial charge < -0.3 is 30.2 Å². The van der Waals surface area contributed by atoms with Gasteiger partial charge in [0.1, 0.15) is 18.0 Å². The third-order valence-corrected chi connectivity index (χ3v) is 3.33. The van der Waals surface area contributed by atoms with Gasteiger partial charge in [0.25, 0.3) is 0 Å². The number of carbonyl (C=O) groups is 1. The van der Waals surface area contributed by atoms with E-state index in [2.05, 4.69) is 20.9 Å². The number of rotatable bonds is 10. The number of guanidine groups is 1. The van der Waals surface area contributed by atoms with E-state index in [1.165, 1.54) is 0 Å². The van der Waals surface area contributed by atoms with Crippen LogP contribution >= 0.6 is 24.0 Å². The molecule has 0 atom stereocenters. The molecule has 0 radical (unpaired) electrons. The number of nitrogens with one attached hydrogen (secondary N) is 3. The first-order chi connectivity index (χ1) is 13.3. The lowest BCUT2D eigenvalue weighted by Gasteiger charge is -2.19. The number of amides is 1. The number of hydrogen-bond donors (Lipinski definition) is 3. The lowest BCUT2D eigenvalue weighted by atomic mass is 10.2. The molecule has 3 N–H and O–H groups in total. The summed E-state index contributed by atoms with van der Waals surface area (Å²) in [5.41, 5.74) is 0.571. The number of nitrogens with zero attached hydrogens (tertiary/aromatic N) is 1. The molecule has 1 amide bonds. The average molecular weight is 522 g/mol. The highest BCUT2D eigenvalue weighted by Crippen LogP contribution is 2.12. The quantitative estimate of drug-likeness (QED) is 0.190. The number of carbonyl (C=O) groups excluding carboxylic acids is 1. The van der Waals surface area contributed by atoms with Crippen molar-refractivity contribution in [3.8, 4) is 5.75 Å². The summed E-state index contributed by atoms with van der Waals surface area (Å²) < 4.78 is 15.7. The monoisotopic (exact) mass is 522 g/mol. The first kappa shape index (κ1) is 27.2. The van der Waals surface area contributed by atoms with Crippen LogP contribution in [0.25, 0.3) is 0 Å². The Morgan fingerprint density at radius 2 is 1.69 bits per heavy atom. The molecule has 1 aromatic carbocycles. The summed E-state index contributed by atoms with van der Waals surface area (Å²) in [7, 11) is 1.65. The van der Waals surface area contributed by atoms with Gasteiger partial charge >= 0.3 is 6.09 Å². The molecule has 29 heavy (non-hydrogen) atoms. The maximum absolute atomic E-state index is 11.6. The smallest absolute Gasteiger partial charge is 0.407 e. The topological polar surface area (TPSA) is 93.2 Å². The number of aliphatic imine (C=N–C) groups is 1. The third kappa shape index (κ3) is 14.0. The van der Waals surface area contributed by atoms with Gasteiger partial charge in [-0.2, -0.15) is 0 Å². The van der Waals surface area contributed by atoms with Crippen molar-refractivity contribution < 1.29 is 19.0 Å². The van der Waals surface area contributed by atoms with Crippen LogP contribution < -0.4 is 20.7 Å². The summed E-state index contributed by atoms with van der Waals surface area (Å²) in [6.45, 7) is 10.8. The second-order valence-electron chi connectivity index (χ2n) is 7.04. The molecule has 0 spiro atoms. The zero-order valence-corrected chi connectivity index (χ0v) is 20.4. The second kappa shape index (κ2) is 15.1. The normalized spacial score (nSPS) is 11.3. The standard InChI is InChI=1S/C20H34N4O4.HI/c1-6-21-18(22-11-12-23-19(25)28-20(2,3)4)24-15-16-7-9-17(10-8-16)27-14-13-26-5;/h7-10H,6,11-15H2,1-5H3,(H,23,25)(H2,21,22,24);1H. The van der Waals surface area contributed by atoms with E-state index in [-0.39, 0.29) is 24.0 Å². The summed E-state index contributed by atoms with van der Waals surface area (Å²) in [5.74, 6) is 1.50. The van der Waals surface area contributed by atoms with Crippen molar-refractivity contribution in [3.05, 3.63) is 29.8 Å². The summed E-state index contributed by atoms with van der Waals surface area (Å²) >= 11 is 0. The van der Waals surface area contributed by atoms with E-state index in [1.807, 2.05) is 52.0 Å². The molecular weight excluding hydrogens is 487 g/mol. The highest BCUT2D eigenvalue weighted by atomic mass is 127. The van der Waals surface area contributed by atoms with Gasteiger partial charge in [-0.1, -0.05) is 12.1 Å². The van der Waals surface area contributed by atoms with Gasteiger partial charge in [0.2, 0.25) is 0 Å². The van der Waals surface area contributed by atoms with Crippen LogP contribution in [0.4, 0.5) is 4.79 Å². The van der Waals surface area contributed by atoms with E-state index in [4.69, 9.17) is 14.2 Å². The largest absolute Gasteiger partial charge is 0.491 e. The van der Waals surface area contributed by atoms with Crippen LogP contribution in [0.3, 0.4) is 0 Å². The van der Waals surface area contributed by atoms with Crippen molar-refractivity contribution >= 4 is 36.0 Å². The summed E-state index contributed by atoms with van der Waals surface area (Å²) in [5, 5.41) is 9.07. The van der Waals surface area contributed by atoms with Crippen LogP contribution in [0, 0.1) is 0 Å². The number of alkyl carbamates (subject to hydrolysis) is 1. The van der Waals surface area contributed by atoms with E-state index >= 15 is 0 Å². The number of benzene rings is 1. The third-order valence-electron chi connectivity index (χ3n) is 3.33. The Hall–Kier alpha value is -1.75. The summed E-state index contributed by atoms with van der Waals surface area (Å²) in [4.78, 5) is 16.2. The summed E-state index contributed by atoms with van der Waals surface area (Å²) in [6.07, 6.45) is -0.427. The fraction of sp³-hybridized carbons (Fsp3) is 0.600. The van der Waals surface area contributed by atoms with Gasteiger partial charge in [0.15, 0.2) is 5.96 Å². The zero-order chi connectivity index (χ0) is 20.8. The molecule has 1 rings (SSSR count). The first-order valence-electron chi connectivity index (χ1n) is 9.53. The van der Waals surface area contributed by atoms with Crippen molar-refractivity contribution in [3.63, 3.8) is 0 Å². The maximum atomic E-state index is 11.6. The van der Waals surface area contributed by atoms with Crippen molar-refractivity contribution in [2.45, 2.75) is 39.8 Å². The molecule has 0 fully saturated rings. The predicted octanol–water partition coefficient (Wildman–Crippen LogP) is 2.91. The Kier molecular flexibility index (Phi) is 14.2. The van der Waals surface area contributed by atoms with Crippen LogP contribution in [0.2, 0.25) is 0 Å². The van der Waals surface area contributed by atoms with Crippen molar-refractivity contribution in [1.82, 2.24) is 16.0 Å². The molecule has 0 aliphatic carbocycles. The van der Waals surface area contributed by atoms with Crippen molar-refractivity contribution in [2.75, 3.05) is 40.0 Å². The molecule has 0 saturated heterocycles. The molecule has 0 aliphatic heterocycles. The fourth-order valence-electron chi connectivity index (χ4n) is 2.11.